The standard InChI is InChI=1S/C16H15FN2OS/c17-11-7-3-1-5-9(11)14-18-15(20)13-10-6-2-4-8-12(10)21-16(13)19-14/h1,3,5,7,14,19H,2,4,6,8H2,(H,18,20). The largest absolute Gasteiger partial charge is 0.353 e. The lowest BCUT2D eigenvalue weighted by Crippen LogP contribution is -2.38. The fraction of sp³-hybridized carbons (Fsp3) is 0.312. The Hall–Kier alpha value is -1.88. The van der Waals surface area contributed by atoms with Crippen LogP contribution in [0, 0.1) is 5.82 Å². The minimum Gasteiger partial charge on any atom is -0.353 e. The lowest BCUT2D eigenvalue weighted by Gasteiger charge is -2.27. The fourth-order valence-corrected chi connectivity index (χ4v) is 4.46. The molecule has 2 N–H and O–H groups in total. The van der Waals surface area contributed by atoms with Gasteiger partial charge in [-0.25, -0.2) is 4.39 Å². The van der Waals surface area contributed by atoms with Crippen LogP contribution in [0.5, 0.6) is 0 Å². The predicted molar refractivity (Wildman–Crippen MR) is 81.2 cm³/mol. The van der Waals surface area contributed by atoms with Crippen molar-refractivity contribution in [3.8, 4) is 0 Å². The van der Waals surface area contributed by atoms with Crippen LogP contribution >= 0.6 is 11.3 Å². The number of carbonyl (C=O) groups excluding carboxylic acids is 1. The lowest BCUT2D eigenvalue weighted by atomic mass is 9.94. The average molecular weight is 302 g/mol. The molecule has 1 aliphatic heterocycles. The summed E-state index contributed by atoms with van der Waals surface area (Å²) >= 11 is 1.65. The molecular formula is C16H15FN2OS. The van der Waals surface area contributed by atoms with Crippen LogP contribution in [0.3, 0.4) is 0 Å². The van der Waals surface area contributed by atoms with Crippen LogP contribution in [-0.2, 0) is 12.8 Å². The van der Waals surface area contributed by atoms with Crippen molar-refractivity contribution in [3.05, 3.63) is 51.7 Å². The van der Waals surface area contributed by atoms with E-state index in [0.717, 1.165) is 29.8 Å². The Bertz CT molecular complexity index is 725. The van der Waals surface area contributed by atoms with Gasteiger partial charge in [0, 0.05) is 10.4 Å². The first-order valence-corrected chi connectivity index (χ1v) is 8.02. The zero-order valence-corrected chi connectivity index (χ0v) is 12.2. The Morgan fingerprint density at radius 1 is 1.14 bits per heavy atom. The molecule has 0 saturated carbocycles. The van der Waals surface area contributed by atoms with Gasteiger partial charge in [-0.05, 0) is 37.3 Å². The van der Waals surface area contributed by atoms with Gasteiger partial charge in [0.2, 0.25) is 0 Å². The first-order valence-electron chi connectivity index (χ1n) is 7.20. The first kappa shape index (κ1) is 12.8. The Morgan fingerprint density at radius 2 is 1.95 bits per heavy atom. The monoisotopic (exact) mass is 302 g/mol. The van der Waals surface area contributed by atoms with Crippen molar-refractivity contribution < 1.29 is 9.18 Å². The second-order valence-electron chi connectivity index (χ2n) is 5.49. The van der Waals surface area contributed by atoms with Crippen molar-refractivity contribution in [1.29, 1.82) is 0 Å². The number of nitrogens with one attached hydrogen (secondary N) is 2. The molecular weight excluding hydrogens is 287 g/mol. The highest BCUT2D eigenvalue weighted by Gasteiger charge is 2.32. The molecule has 2 aromatic rings. The molecule has 108 valence electrons. The van der Waals surface area contributed by atoms with Gasteiger partial charge in [0.15, 0.2) is 0 Å². The Labute approximate surface area is 126 Å². The summed E-state index contributed by atoms with van der Waals surface area (Å²) in [6.45, 7) is 0. The number of aryl methyl sites for hydroxylation is 1. The molecule has 0 radical (unpaired) electrons. The van der Waals surface area contributed by atoms with E-state index in [1.54, 1.807) is 29.5 Å². The van der Waals surface area contributed by atoms with Gasteiger partial charge in [0.1, 0.15) is 17.0 Å². The predicted octanol–water partition coefficient (Wildman–Crippen LogP) is 3.62. The number of rotatable bonds is 1. The maximum absolute atomic E-state index is 13.9. The third-order valence-electron chi connectivity index (χ3n) is 4.17. The Kier molecular flexibility index (Phi) is 2.96. The topological polar surface area (TPSA) is 41.1 Å². The number of carbonyl (C=O) groups is 1. The summed E-state index contributed by atoms with van der Waals surface area (Å²) in [5.74, 6) is -0.392. The molecule has 1 unspecified atom stereocenters. The summed E-state index contributed by atoms with van der Waals surface area (Å²) in [6.07, 6.45) is 3.85. The van der Waals surface area contributed by atoms with Crippen molar-refractivity contribution in [2.75, 3.05) is 5.32 Å². The molecule has 1 aliphatic carbocycles. The number of amides is 1. The first-order chi connectivity index (χ1) is 10.2. The second-order valence-corrected chi connectivity index (χ2v) is 6.59. The number of anilines is 1. The van der Waals surface area contributed by atoms with Crippen molar-refractivity contribution in [3.63, 3.8) is 0 Å². The molecule has 5 heteroatoms. The van der Waals surface area contributed by atoms with Gasteiger partial charge < -0.3 is 10.6 Å². The molecule has 1 aromatic carbocycles. The van der Waals surface area contributed by atoms with Gasteiger partial charge in [0.25, 0.3) is 5.91 Å². The summed E-state index contributed by atoms with van der Waals surface area (Å²) in [4.78, 5) is 13.8. The van der Waals surface area contributed by atoms with Crippen LogP contribution in [0.2, 0.25) is 0 Å². The van der Waals surface area contributed by atoms with E-state index in [1.807, 2.05) is 0 Å². The molecule has 1 atom stereocenters. The summed E-state index contributed by atoms with van der Waals surface area (Å²) in [6, 6.07) is 6.55. The van der Waals surface area contributed by atoms with E-state index in [-0.39, 0.29) is 11.7 Å². The summed E-state index contributed by atoms with van der Waals surface area (Å²) < 4.78 is 13.9. The molecule has 3 nitrogen and oxygen atoms in total. The molecule has 2 heterocycles. The normalized spacial score (nSPS) is 20.2. The van der Waals surface area contributed by atoms with Crippen molar-refractivity contribution >= 4 is 22.2 Å². The van der Waals surface area contributed by atoms with Crippen molar-refractivity contribution in [2.24, 2.45) is 0 Å². The van der Waals surface area contributed by atoms with Crippen LogP contribution in [0.15, 0.2) is 24.3 Å². The minimum atomic E-state index is -0.494. The number of benzene rings is 1. The lowest BCUT2D eigenvalue weighted by molar-refractivity contribution is 0.0934. The molecule has 0 bridgehead atoms. The maximum atomic E-state index is 13.9. The summed E-state index contributed by atoms with van der Waals surface area (Å²) in [7, 11) is 0. The molecule has 1 amide bonds. The third kappa shape index (κ3) is 2.03. The van der Waals surface area contributed by atoms with Gasteiger partial charge in [-0.15, -0.1) is 11.3 Å². The highest BCUT2D eigenvalue weighted by Crippen LogP contribution is 2.41. The SMILES string of the molecule is O=C1NC(c2ccccc2F)Nc2sc3c(c21)CCCC3. The molecule has 21 heavy (non-hydrogen) atoms. The van der Waals surface area contributed by atoms with E-state index in [2.05, 4.69) is 10.6 Å². The maximum Gasteiger partial charge on any atom is 0.256 e. The van der Waals surface area contributed by atoms with E-state index in [0.29, 0.717) is 5.56 Å². The van der Waals surface area contributed by atoms with E-state index in [4.69, 9.17) is 0 Å². The zero-order valence-electron chi connectivity index (χ0n) is 11.4. The average Bonchev–Trinajstić information content (AvgIpc) is 2.86. The quantitative estimate of drug-likeness (QED) is 0.845. The van der Waals surface area contributed by atoms with Crippen LogP contribution in [0.25, 0.3) is 0 Å². The van der Waals surface area contributed by atoms with Crippen molar-refractivity contribution in [2.45, 2.75) is 31.8 Å². The van der Waals surface area contributed by atoms with Gasteiger partial charge in [0.05, 0.1) is 5.56 Å². The van der Waals surface area contributed by atoms with Gasteiger partial charge in [-0.3, -0.25) is 4.79 Å². The number of hydrogen-bond donors (Lipinski definition) is 2. The number of thiophene rings is 1. The summed E-state index contributed by atoms with van der Waals surface area (Å²) in [5.41, 5.74) is 2.45. The van der Waals surface area contributed by atoms with E-state index in [1.165, 1.54) is 22.9 Å². The molecule has 2 aliphatic rings. The zero-order chi connectivity index (χ0) is 14.4. The Morgan fingerprint density at radius 3 is 2.81 bits per heavy atom. The molecule has 0 saturated heterocycles. The minimum absolute atomic E-state index is 0.0867. The highest BCUT2D eigenvalue weighted by molar-refractivity contribution is 7.16. The van der Waals surface area contributed by atoms with Gasteiger partial charge in [-0.1, -0.05) is 18.2 Å². The highest BCUT2D eigenvalue weighted by atomic mass is 32.1. The molecule has 4 rings (SSSR count). The number of hydrogen-bond acceptors (Lipinski definition) is 3. The third-order valence-corrected chi connectivity index (χ3v) is 5.39. The van der Waals surface area contributed by atoms with Crippen molar-refractivity contribution in [1.82, 2.24) is 5.32 Å². The number of fused-ring (bicyclic) bond motifs is 3. The fourth-order valence-electron chi connectivity index (χ4n) is 3.14. The van der Waals surface area contributed by atoms with Crippen LogP contribution in [-0.4, -0.2) is 5.91 Å². The van der Waals surface area contributed by atoms with Crippen LogP contribution in [0.1, 0.15) is 45.4 Å². The Balaban J connectivity index is 1.74. The number of halogens is 1. The summed E-state index contributed by atoms with van der Waals surface area (Å²) in [5, 5.41) is 7.06. The smallest absolute Gasteiger partial charge is 0.256 e. The molecule has 0 spiro atoms. The molecule has 1 aromatic heterocycles. The second kappa shape index (κ2) is 4.84. The van der Waals surface area contributed by atoms with E-state index < -0.39 is 6.17 Å². The van der Waals surface area contributed by atoms with Crippen LogP contribution in [0.4, 0.5) is 9.39 Å². The van der Waals surface area contributed by atoms with Gasteiger partial charge in [-0.2, -0.15) is 0 Å². The van der Waals surface area contributed by atoms with Crippen LogP contribution < -0.4 is 10.6 Å². The van der Waals surface area contributed by atoms with Gasteiger partial charge >= 0.3 is 0 Å². The van der Waals surface area contributed by atoms with E-state index >= 15 is 0 Å². The van der Waals surface area contributed by atoms with E-state index in [9.17, 15) is 9.18 Å². The molecule has 0 fully saturated rings.